The summed E-state index contributed by atoms with van der Waals surface area (Å²) in [5, 5.41) is 0. The average molecular weight is 469 g/mol. The summed E-state index contributed by atoms with van der Waals surface area (Å²) in [6.45, 7) is 4.63. The molecule has 0 saturated carbocycles. The van der Waals surface area contributed by atoms with Crippen molar-refractivity contribution in [3.05, 3.63) is 80.7 Å². The predicted molar refractivity (Wildman–Crippen MR) is 115 cm³/mol. The Hall–Kier alpha value is -0.400. The van der Waals surface area contributed by atoms with Crippen LogP contribution in [-0.4, -0.2) is 6.88 Å². The van der Waals surface area contributed by atoms with Crippen molar-refractivity contribution < 1.29 is 17.4 Å². The molecule has 0 unspecified atom stereocenters. The maximum atomic E-state index is 2.65. The molecule has 2 aliphatic rings. The van der Waals surface area contributed by atoms with Gasteiger partial charge in [-0.25, -0.2) is 0 Å². The molecule has 25 heavy (non-hydrogen) atoms. The molecule has 0 aromatic heterocycles. The van der Waals surface area contributed by atoms with Gasteiger partial charge in [0.05, 0.1) is 0 Å². The van der Waals surface area contributed by atoms with Gasteiger partial charge < -0.3 is 0 Å². The van der Waals surface area contributed by atoms with Crippen LogP contribution in [0, 0.1) is 0 Å². The molecule has 0 atom stereocenters. The largest absolute Gasteiger partial charge is 0.147 e. The molecule has 0 aliphatic heterocycles. The third-order valence-electron chi connectivity index (χ3n) is 5.86. The van der Waals surface area contributed by atoms with Crippen LogP contribution in [0.3, 0.4) is 0 Å². The van der Waals surface area contributed by atoms with Gasteiger partial charge in [0, 0.05) is 0 Å². The zero-order chi connectivity index (χ0) is 16.3. The first-order chi connectivity index (χ1) is 10.9. The monoisotopic (exact) mass is 466 g/mol. The normalized spacial score (nSPS) is 16.2. The number of benzene rings is 2. The van der Waals surface area contributed by atoms with Crippen LogP contribution >= 0.6 is 24.8 Å². The van der Waals surface area contributed by atoms with Gasteiger partial charge in [-0.15, -0.1) is 24.8 Å². The third kappa shape index (κ3) is 3.21. The molecule has 2 aromatic carbocycles. The van der Waals surface area contributed by atoms with Crippen molar-refractivity contribution in [2.24, 2.45) is 0 Å². The molecule has 0 saturated heterocycles. The summed E-state index contributed by atoms with van der Waals surface area (Å²) in [6.07, 6.45) is 6.09. The minimum absolute atomic E-state index is 0. The molecule has 0 radical (unpaired) electrons. The third-order valence-corrected chi connectivity index (χ3v) is 23.1. The van der Waals surface area contributed by atoms with Crippen molar-refractivity contribution in [3.8, 4) is 11.1 Å². The zero-order valence-electron chi connectivity index (χ0n) is 15.1. The number of hydrogen-bond acceptors (Lipinski definition) is 0. The number of allylic oxidation sites excluding steroid dienone is 4. The quantitative estimate of drug-likeness (QED) is 0.463. The second-order valence-corrected chi connectivity index (χ2v) is 37.9. The number of hydrogen-bond donors (Lipinski definition) is 0. The second kappa shape index (κ2) is 6.97. The molecule has 0 amide bonds. The van der Waals surface area contributed by atoms with Crippen LogP contribution < -0.4 is 0 Å². The van der Waals surface area contributed by atoms with E-state index in [0.717, 1.165) is 0 Å². The molecule has 4 rings (SSSR count). The van der Waals surface area contributed by atoms with Crippen molar-refractivity contribution in [1.29, 1.82) is 0 Å². The van der Waals surface area contributed by atoms with Crippen LogP contribution in [0.4, 0.5) is 0 Å². The predicted octanol–water partition coefficient (Wildman–Crippen LogP) is 6.17. The molecule has 0 heterocycles. The molecule has 132 valence electrons. The van der Waals surface area contributed by atoms with E-state index in [1.165, 1.54) is 23.1 Å². The standard InChI is InChI=1S/C13H9.C6H7.2CH3.2ClH.H2Si.Zr/c1-3-7-12-10(5-1)9-11-6-2-4-8-13(11)12;1-6-4-2-3-5-6;;;;;;/h1-9H;4-5H,2H2,1H3;2*1H3;2*1H;1H2;. The Balaban J connectivity index is 0.00000113. The van der Waals surface area contributed by atoms with Crippen molar-refractivity contribution in [2.45, 2.75) is 26.2 Å². The SMILES string of the molecule is CC1=CC[C]([Zr]([CH3])([CH3])(=[SiH2])[CH]2c3ccccc3-c3ccccc32)=C1.Cl.Cl. The van der Waals surface area contributed by atoms with Crippen molar-refractivity contribution in [1.82, 2.24) is 0 Å². The second-order valence-electron chi connectivity index (χ2n) is 8.24. The Kier molecular flexibility index (Phi) is 5.82. The molecule has 2 aromatic rings. The first-order valence-electron chi connectivity index (χ1n) is 8.50. The fourth-order valence-electron chi connectivity index (χ4n) is 4.57. The molecular weight excluding hydrogens is 442 g/mol. The first kappa shape index (κ1) is 20.9. The van der Waals surface area contributed by atoms with Crippen molar-refractivity contribution in [3.63, 3.8) is 0 Å². The maximum absolute atomic E-state index is 3.09. The van der Waals surface area contributed by atoms with Gasteiger partial charge in [-0.1, -0.05) is 0 Å². The summed E-state index contributed by atoms with van der Waals surface area (Å²) in [7, 11) is 0. The molecule has 0 nitrogen and oxygen atoms in total. The molecule has 0 spiro atoms. The maximum Gasteiger partial charge on any atom is -0.147 e. The summed E-state index contributed by atoms with van der Waals surface area (Å²) in [6, 6.07) is 18.2. The van der Waals surface area contributed by atoms with Gasteiger partial charge in [0.15, 0.2) is 0 Å². The van der Waals surface area contributed by atoms with Gasteiger partial charge in [0.2, 0.25) is 0 Å². The Morgan fingerprint density at radius 2 is 1.36 bits per heavy atom. The minimum atomic E-state index is -3.09. The van der Waals surface area contributed by atoms with E-state index in [1.807, 2.05) is 0 Å². The summed E-state index contributed by atoms with van der Waals surface area (Å²) >= 11 is -3.09. The summed E-state index contributed by atoms with van der Waals surface area (Å²) in [5.41, 5.74) is 7.53. The van der Waals surface area contributed by atoms with E-state index >= 15 is 0 Å². The van der Waals surface area contributed by atoms with Crippen LogP contribution in [-0.2, 0) is 17.4 Å². The number of rotatable bonds is 2. The van der Waals surface area contributed by atoms with Gasteiger partial charge in [0.1, 0.15) is 0 Å². The van der Waals surface area contributed by atoms with Gasteiger partial charge in [-0.3, -0.25) is 0 Å². The Morgan fingerprint density at radius 3 is 1.80 bits per heavy atom. The van der Waals surface area contributed by atoms with E-state index in [2.05, 4.69) is 83.7 Å². The Labute approximate surface area is 166 Å². The first-order valence-corrected chi connectivity index (χ1v) is 22.0. The van der Waals surface area contributed by atoms with E-state index < -0.39 is 17.4 Å². The fourth-order valence-corrected chi connectivity index (χ4v) is 19.3. The molecule has 0 fully saturated rings. The van der Waals surface area contributed by atoms with Crippen LogP contribution in [0.25, 0.3) is 11.1 Å². The zero-order valence-corrected chi connectivity index (χ0v) is 20.6. The molecule has 0 N–H and O–H groups in total. The van der Waals surface area contributed by atoms with E-state index in [9.17, 15) is 0 Å². The van der Waals surface area contributed by atoms with E-state index in [1.54, 1.807) is 14.4 Å². The van der Waals surface area contributed by atoms with E-state index in [4.69, 9.17) is 0 Å². The number of fused-ring (bicyclic) bond motifs is 3. The van der Waals surface area contributed by atoms with Crippen molar-refractivity contribution >= 4 is 31.7 Å². The summed E-state index contributed by atoms with van der Waals surface area (Å²) in [4.78, 5) is 0. The fraction of sp³-hybridized carbons (Fsp3) is 0.238. The van der Waals surface area contributed by atoms with Gasteiger partial charge >= 0.3 is 142 Å². The van der Waals surface area contributed by atoms with Gasteiger partial charge in [0.25, 0.3) is 0 Å². The summed E-state index contributed by atoms with van der Waals surface area (Å²) < 4.78 is 7.69. The minimum Gasteiger partial charge on any atom is -0.147 e. The van der Waals surface area contributed by atoms with Gasteiger partial charge in [-0.2, -0.15) is 0 Å². The van der Waals surface area contributed by atoms with Gasteiger partial charge in [-0.05, 0) is 0 Å². The topological polar surface area (TPSA) is 0 Å². The van der Waals surface area contributed by atoms with Crippen LogP contribution in [0.2, 0.25) is 9.26 Å². The van der Waals surface area contributed by atoms with E-state index in [0.29, 0.717) is 3.63 Å². The average Bonchev–Trinajstić information content (AvgIpc) is 3.09. The molecular formula is C21H26Cl2SiZr. The molecule has 0 bridgehead atoms. The number of halogens is 2. The molecule has 4 heteroatoms. The van der Waals surface area contributed by atoms with E-state index in [-0.39, 0.29) is 24.8 Å². The Bertz CT molecular complexity index is 904. The Morgan fingerprint density at radius 1 is 0.880 bits per heavy atom. The molecule has 2 aliphatic carbocycles. The van der Waals surface area contributed by atoms with Crippen LogP contribution in [0.5, 0.6) is 0 Å². The smallest absolute Gasteiger partial charge is 0.147 e. The van der Waals surface area contributed by atoms with Crippen LogP contribution in [0.15, 0.2) is 69.5 Å². The van der Waals surface area contributed by atoms with Crippen LogP contribution in [0.1, 0.15) is 28.1 Å². The summed E-state index contributed by atoms with van der Waals surface area (Å²) in [5.74, 6) is 0. The van der Waals surface area contributed by atoms with Crippen molar-refractivity contribution in [2.75, 3.05) is 0 Å².